The smallest absolute Gasteiger partial charge is 0.226 e. The van der Waals surface area contributed by atoms with E-state index in [4.69, 9.17) is 11.6 Å². The third kappa shape index (κ3) is 5.13. The second-order valence-corrected chi connectivity index (χ2v) is 7.46. The van der Waals surface area contributed by atoms with Crippen LogP contribution < -0.4 is 5.32 Å². The Morgan fingerprint density at radius 1 is 1.23 bits per heavy atom. The van der Waals surface area contributed by atoms with Crippen LogP contribution >= 0.6 is 22.9 Å². The lowest BCUT2D eigenvalue weighted by Crippen LogP contribution is -2.24. The van der Waals surface area contributed by atoms with Gasteiger partial charge in [0.2, 0.25) is 5.91 Å². The lowest BCUT2D eigenvalue weighted by molar-refractivity contribution is -0.120. The summed E-state index contributed by atoms with van der Waals surface area (Å²) in [5.74, 6) is -0.346. The topological polar surface area (TPSA) is 42.0 Å². The van der Waals surface area contributed by atoms with Gasteiger partial charge >= 0.3 is 0 Å². The Morgan fingerprint density at radius 3 is 2.85 bits per heavy atom. The highest BCUT2D eigenvalue weighted by molar-refractivity contribution is 7.09. The van der Waals surface area contributed by atoms with E-state index in [9.17, 15) is 9.18 Å². The molecular formula is C20H18ClFN2OS. The monoisotopic (exact) mass is 388 g/mol. The minimum Gasteiger partial charge on any atom is -0.352 e. The first-order valence-corrected chi connectivity index (χ1v) is 9.45. The molecule has 0 aliphatic carbocycles. The van der Waals surface area contributed by atoms with E-state index in [-0.39, 0.29) is 18.1 Å². The summed E-state index contributed by atoms with van der Waals surface area (Å²) in [6.45, 7) is 2.08. The number of carbonyl (C=O) groups is 1. The van der Waals surface area contributed by atoms with Crippen molar-refractivity contribution in [2.24, 2.45) is 0 Å². The Morgan fingerprint density at radius 2 is 2.08 bits per heavy atom. The van der Waals surface area contributed by atoms with Crippen molar-refractivity contribution in [1.29, 1.82) is 0 Å². The van der Waals surface area contributed by atoms with Crippen molar-refractivity contribution >= 4 is 28.8 Å². The SMILES string of the molecule is Cc1cc(CNC(=O)Cc2csc(Cc3cccc(Cl)c3)n2)ccc1F. The molecular weight excluding hydrogens is 371 g/mol. The van der Waals surface area contributed by atoms with Crippen molar-refractivity contribution in [1.82, 2.24) is 10.3 Å². The standard InChI is InChI=1S/C20H18ClFN2OS/c1-13-7-15(5-6-18(13)22)11-23-19(25)10-17-12-26-20(24-17)9-14-3-2-4-16(21)8-14/h2-8,12H,9-11H2,1H3,(H,23,25). The molecule has 0 aliphatic heterocycles. The number of hydrogen-bond donors (Lipinski definition) is 1. The number of thiazole rings is 1. The number of aromatic nitrogens is 1. The fraction of sp³-hybridized carbons (Fsp3) is 0.200. The van der Waals surface area contributed by atoms with E-state index in [1.165, 1.54) is 17.4 Å². The maximum absolute atomic E-state index is 13.3. The maximum atomic E-state index is 13.3. The third-order valence-corrected chi connectivity index (χ3v) is 5.03. The maximum Gasteiger partial charge on any atom is 0.226 e. The first-order chi connectivity index (χ1) is 12.5. The largest absolute Gasteiger partial charge is 0.352 e. The van der Waals surface area contributed by atoms with Crippen LogP contribution in [0.1, 0.15) is 27.4 Å². The molecule has 0 bridgehead atoms. The molecule has 6 heteroatoms. The van der Waals surface area contributed by atoms with E-state index in [0.29, 0.717) is 23.6 Å². The zero-order valence-electron chi connectivity index (χ0n) is 14.3. The van der Waals surface area contributed by atoms with Crippen LogP contribution in [-0.4, -0.2) is 10.9 Å². The highest BCUT2D eigenvalue weighted by Crippen LogP contribution is 2.18. The molecule has 0 atom stereocenters. The zero-order valence-corrected chi connectivity index (χ0v) is 15.8. The predicted octanol–water partition coefficient (Wildman–Crippen LogP) is 4.69. The minimum absolute atomic E-state index is 0.105. The first kappa shape index (κ1) is 18.5. The summed E-state index contributed by atoms with van der Waals surface area (Å²) in [6.07, 6.45) is 0.925. The molecule has 1 N–H and O–H groups in total. The molecule has 0 saturated heterocycles. The molecule has 0 fully saturated rings. The summed E-state index contributed by atoms with van der Waals surface area (Å²) in [5.41, 5.74) is 3.29. The lowest BCUT2D eigenvalue weighted by atomic mass is 10.1. The van der Waals surface area contributed by atoms with E-state index in [1.807, 2.05) is 29.6 Å². The average molecular weight is 389 g/mol. The summed E-state index contributed by atoms with van der Waals surface area (Å²) in [7, 11) is 0. The highest BCUT2D eigenvalue weighted by Gasteiger charge is 2.09. The molecule has 134 valence electrons. The van der Waals surface area contributed by atoms with Gasteiger partial charge in [-0.1, -0.05) is 35.9 Å². The molecule has 0 unspecified atom stereocenters. The number of nitrogens with zero attached hydrogens (tertiary/aromatic N) is 1. The van der Waals surface area contributed by atoms with Crippen molar-refractivity contribution in [2.75, 3.05) is 0 Å². The molecule has 3 rings (SSSR count). The van der Waals surface area contributed by atoms with Gasteiger partial charge in [-0.05, 0) is 41.8 Å². The molecule has 1 amide bonds. The van der Waals surface area contributed by atoms with Crippen molar-refractivity contribution in [2.45, 2.75) is 26.3 Å². The van der Waals surface area contributed by atoms with E-state index in [2.05, 4.69) is 10.3 Å². The Hall–Kier alpha value is -2.24. The lowest BCUT2D eigenvalue weighted by Gasteiger charge is -2.06. The number of amides is 1. The van der Waals surface area contributed by atoms with Gasteiger partial charge in [0.15, 0.2) is 0 Å². The van der Waals surface area contributed by atoms with Gasteiger partial charge in [-0.25, -0.2) is 9.37 Å². The van der Waals surface area contributed by atoms with Crippen LogP contribution in [0.15, 0.2) is 47.8 Å². The van der Waals surface area contributed by atoms with Gasteiger partial charge in [-0.2, -0.15) is 0 Å². The molecule has 2 aromatic carbocycles. The van der Waals surface area contributed by atoms with Crippen LogP contribution in [0.25, 0.3) is 0 Å². The quantitative estimate of drug-likeness (QED) is 0.665. The number of halogens is 2. The number of benzene rings is 2. The van der Waals surface area contributed by atoms with Crippen molar-refractivity contribution in [3.8, 4) is 0 Å². The second-order valence-electron chi connectivity index (χ2n) is 6.08. The summed E-state index contributed by atoms with van der Waals surface area (Å²) < 4.78 is 13.3. The second kappa shape index (κ2) is 8.43. The average Bonchev–Trinajstić information content (AvgIpc) is 3.03. The fourth-order valence-corrected chi connectivity index (χ4v) is 3.62. The summed E-state index contributed by atoms with van der Waals surface area (Å²) in [5, 5.41) is 6.40. The molecule has 3 aromatic rings. The van der Waals surface area contributed by atoms with Crippen molar-refractivity contribution in [3.63, 3.8) is 0 Å². The van der Waals surface area contributed by atoms with Crippen LogP contribution in [0.2, 0.25) is 5.02 Å². The van der Waals surface area contributed by atoms with Crippen molar-refractivity contribution in [3.05, 3.63) is 86.1 Å². The Kier molecular flexibility index (Phi) is 6.01. The minimum atomic E-state index is -0.241. The summed E-state index contributed by atoms with van der Waals surface area (Å²) in [6, 6.07) is 12.5. The van der Waals surface area contributed by atoms with Crippen LogP contribution in [0.5, 0.6) is 0 Å². The first-order valence-electron chi connectivity index (χ1n) is 8.19. The number of aryl methyl sites for hydroxylation is 1. The van der Waals surface area contributed by atoms with Crippen LogP contribution in [-0.2, 0) is 24.2 Å². The van der Waals surface area contributed by atoms with Crippen LogP contribution in [0.4, 0.5) is 4.39 Å². The number of rotatable bonds is 6. The van der Waals surface area contributed by atoms with Crippen LogP contribution in [0.3, 0.4) is 0 Å². The Balaban J connectivity index is 1.53. The van der Waals surface area contributed by atoms with Gasteiger partial charge in [-0.3, -0.25) is 4.79 Å². The van der Waals surface area contributed by atoms with Gasteiger partial charge in [0, 0.05) is 23.4 Å². The van der Waals surface area contributed by atoms with Gasteiger partial charge in [-0.15, -0.1) is 11.3 Å². The number of hydrogen-bond acceptors (Lipinski definition) is 3. The molecule has 0 radical (unpaired) electrons. The van der Waals surface area contributed by atoms with E-state index in [0.717, 1.165) is 21.8 Å². The van der Waals surface area contributed by atoms with E-state index in [1.54, 1.807) is 19.1 Å². The molecule has 1 aromatic heterocycles. The summed E-state index contributed by atoms with van der Waals surface area (Å²) >= 11 is 7.53. The van der Waals surface area contributed by atoms with Gasteiger partial charge in [0.25, 0.3) is 0 Å². The van der Waals surface area contributed by atoms with Gasteiger partial charge in [0.1, 0.15) is 5.82 Å². The van der Waals surface area contributed by atoms with Crippen molar-refractivity contribution < 1.29 is 9.18 Å². The Bertz CT molecular complexity index is 926. The Labute approximate surface area is 160 Å². The van der Waals surface area contributed by atoms with Crippen LogP contribution in [0, 0.1) is 12.7 Å². The molecule has 26 heavy (non-hydrogen) atoms. The zero-order chi connectivity index (χ0) is 18.5. The van der Waals surface area contributed by atoms with E-state index < -0.39 is 0 Å². The predicted molar refractivity (Wildman–Crippen MR) is 103 cm³/mol. The van der Waals surface area contributed by atoms with Gasteiger partial charge < -0.3 is 5.32 Å². The number of carbonyl (C=O) groups excluding carboxylic acids is 1. The van der Waals surface area contributed by atoms with Gasteiger partial charge in [0.05, 0.1) is 17.1 Å². The normalized spacial score (nSPS) is 10.7. The highest BCUT2D eigenvalue weighted by atomic mass is 35.5. The third-order valence-electron chi connectivity index (χ3n) is 3.90. The molecule has 0 spiro atoms. The fourth-order valence-electron chi connectivity index (χ4n) is 2.58. The molecule has 3 nitrogen and oxygen atoms in total. The number of nitrogens with one attached hydrogen (secondary N) is 1. The van der Waals surface area contributed by atoms with E-state index >= 15 is 0 Å². The molecule has 0 saturated carbocycles. The summed E-state index contributed by atoms with van der Waals surface area (Å²) in [4.78, 5) is 16.6. The molecule has 0 aliphatic rings. The molecule has 1 heterocycles.